The zero-order valence-electron chi connectivity index (χ0n) is 15.3. The van der Waals surface area contributed by atoms with E-state index in [1.807, 2.05) is 17.0 Å². The Kier molecular flexibility index (Phi) is 5.26. The average Bonchev–Trinajstić information content (AvgIpc) is 2.76. The lowest BCUT2D eigenvalue weighted by Gasteiger charge is -2.37. The van der Waals surface area contributed by atoms with Crippen LogP contribution in [0.4, 0.5) is 0 Å². The number of hydrogen-bond donors (Lipinski definition) is 1. The van der Waals surface area contributed by atoms with Crippen LogP contribution < -0.4 is 4.90 Å². The van der Waals surface area contributed by atoms with Crippen molar-refractivity contribution in [2.75, 3.05) is 26.2 Å². The van der Waals surface area contributed by atoms with E-state index in [0.29, 0.717) is 11.6 Å². The summed E-state index contributed by atoms with van der Waals surface area (Å²) in [4.78, 5) is 20.2. The summed E-state index contributed by atoms with van der Waals surface area (Å²) in [5.74, 6) is 0.0816. The Bertz CT molecular complexity index is 820. The molecule has 2 aromatic carbocycles. The van der Waals surface area contributed by atoms with Gasteiger partial charge >= 0.3 is 0 Å². The van der Waals surface area contributed by atoms with Gasteiger partial charge in [0.15, 0.2) is 0 Å². The van der Waals surface area contributed by atoms with E-state index < -0.39 is 0 Å². The molecule has 0 saturated carbocycles. The molecule has 0 unspecified atom stereocenters. The molecular formula is C23H24N3O+. The number of piperazine rings is 1. The smallest absolute Gasteiger partial charge is 0.255 e. The molecule has 1 amide bonds. The topological polar surface area (TPSA) is 37.6 Å². The zero-order valence-corrected chi connectivity index (χ0v) is 15.3. The number of rotatable bonds is 4. The second-order valence-corrected chi connectivity index (χ2v) is 6.95. The molecule has 0 atom stereocenters. The number of aromatic nitrogens is 1. The van der Waals surface area contributed by atoms with Gasteiger partial charge in [0.05, 0.1) is 31.7 Å². The maximum absolute atomic E-state index is 12.7. The number of hydrogen-bond acceptors (Lipinski definition) is 2. The highest BCUT2D eigenvalue weighted by Crippen LogP contribution is 2.19. The van der Waals surface area contributed by atoms with Gasteiger partial charge in [0.25, 0.3) is 5.91 Å². The van der Waals surface area contributed by atoms with Crippen molar-refractivity contribution >= 4 is 5.91 Å². The number of quaternary nitrogens is 1. The number of carbonyl (C=O) groups is 1. The van der Waals surface area contributed by atoms with Gasteiger partial charge in [-0.3, -0.25) is 9.78 Å². The normalized spacial score (nSPS) is 15.1. The van der Waals surface area contributed by atoms with Crippen molar-refractivity contribution in [2.45, 2.75) is 6.04 Å². The number of amides is 1. The first kappa shape index (κ1) is 17.4. The summed E-state index contributed by atoms with van der Waals surface area (Å²) in [5.41, 5.74) is 3.32. The molecule has 3 aromatic rings. The number of benzene rings is 2. The van der Waals surface area contributed by atoms with Crippen molar-refractivity contribution in [1.29, 1.82) is 0 Å². The van der Waals surface area contributed by atoms with Crippen LogP contribution in [0.2, 0.25) is 0 Å². The van der Waals surface area contributed by atoms with Crippen LogP contribution in [0.15, 0.2) is 85.2 Å². The Morgan fingerprint density at radius 2 is 1.44 bits per heavy atom. The third-order valence-corrected chi connectivity index (χ3v) is 5.28. The number of pyridine rings is 1. The molecule has 136 valence electrons. The van der Waals surface area contributed by atoms with E-state index in [4.69, 9.17) is 0 Å². The predicted molar refractivity (Wildman–Crippen MR) is 106 cm³/mol. The first-order chi connectivity index (χ1) is 13.3. The largest absolute Gasteiger partial charge is 0.327 e. The minimum Gasteiger partial charge on any atom is -0.327 e. The molecule has 0 spiro atoms. The van der Waals surface area contributed by atoms with Gasteiger partial charge in [0.1, 0.15) is 6.04 Å². The third-order valence-electron chi connectivity index (χ3n) is 5.28. The molecule has 1 aliphatic rings. The Morgan fingerprint density at radius 3 is 1.96 bits per heavy atom. The summed E-state index contributed by atoms with van der Waals surface area (Å²) < 4.78 is 0. The van der Waals surface area contributed by atoms with E-state index in [1.165, 1.54) is 16.0 Å². The molecule has 1 fully saturated rings. The Morgan fingerprint density at radius 1 is 0.852 bits per heavy atom. The molecule has 27 heavy (non-hydrogen) atoms. The minimum absolute atomic E-state index is 0.0816. The van der Waals surface area contributed by atoms with Crippen LogP contribution in [0.5, 0.6) is 0 Å². The maximum atomic E-state index is 12.7. The molecule has 1 aromatic heterocycles. The van der Waals surface area contributed by atoms with Gasteiger partial charge in [-0.15, -0.1) is 0 Å². The van der Waals surface area contributed by atoms with E-state index in [-0.39, 0.29) is 5.91 Å². The summed E-state index contributed by atoms with van der Waals surface area (Å²) in [6.45, 7) is 3.39. The van der Waals surface area contributed by atoms with E-state index in [2.05, 4.69) is 65.6 Å². The van der Waals surface area contributed by atoms with Crippen LogP contribution in [0.1, 0.15) is 27.5 Å². The molecule has 0 aliphatic carbocycles. The molecule has 1 aliphatic heterocycles. The standard InChI is InChI=1S/C23H23N3O/c27-23(21-12-7-13-24-18-21)26-16-14-25(15-17-26)22(19-8-3-1-4-9-19)20-10-5-2-6-11-20/h1-13,18,22H,14-17H2/p+1. The van der Waals surface area contributed by atoms with Crippen LogP contribution in [-0.2, 0) is 0 Å². The molecule has 0 radical (unpaired) electrons. The van der Waals surface area contributed by atoms with Gasteiger partial charge in [-0.1, -0.05) is 60.7 Å². The fourth-order valence-corrected chi connectivity index (χ4v) is 3.91. The quantitative estimate of drug-likeness (QED) is 0.777. The molecule has 0 bridgehead atoms. The van der Waals surface area contributed by atoms with E-state index in [0.717, 1.165) is 26.2 Å². The number of nitrogens with one attached hydrogen (secondary N) is 1. The van der Waals surface area contributed by atoms with Crippen LogP contribution in [0, 0.1) is 0 Å². The number of carbonyl (C=O) groups excluding carboxylic acids is 1. The third kappa shape index (κ3) is 3.91. The van der Waals surface area contributed by atoms with Gasteiger partial charge in [-0.2, -0.15) is 0 Å². The Balaban J connectivity index is 1.51. The van der Waals surface area contributed by atoms with Gasteiger partial charge in [0.2, 0.25) is 0 Å². The predicted octanol–water partition coefficient (Wildman–Crippen LogP) is 2.21. The number of nitrogens with zero attached hydrogens (tertiary/aromatic N) is 2. The Labute approximate surface area is 160 Å². The molecule has 2 heterocycles. The average molecular weight is 358 g/mol. The van der Waals surface area contributed by atoms with E-state index >= 15 is 0 Å². The first-order valence-electron chi connectivity index (χ1n) is 9.47. The van der Waals surface area contributed by atoms with Crippen LogP contribution in [-0.4, -0.2) is 42.0 Å². The summed E-state index contributed by atoms with van der Waals surface area (Å²) in [6.07, 6.45) is 3.35. The van der Waals surface area contributed by atoms with Gasteiger partial charge in [0, 0.05) is 23.5 Å². The molecule has 4 rings (SSSR count). The monoisotopic (exact) mass is 358 g/mol. The first-order valence-corrected chi connectivity index (χ1v) is 9.47. The molecule has 4 heteroatoms. The van der Waals surface area contributed by atoms with Crippen molar-refractivity contribution in [3.05, 3.63) is 102 Å². The molecular weight excluding hydrogens is 334 g/mol. The lowest BCUT2D eigenvalue weighted by Crippen LogP contribution is -3.15. The van der Waals surface area contributed by atoms with E-state index in [9.17, 15) is 4.79 Å². The molecule has 4 nitrogen and oxygen atoms in total. The lowest BCUT2D eigenvalue weighted by molar-refractivity contribution is -0.929. The van der Waals surface area contributed by atoms with Crippen molar-refractivity contribution < 1.29 is 9.69 Å². The Hall–Kier alpha value is -2.98. The van der Waals surface area contributed by atoms with Gasteiger partial charge < -0.3 is 9.80 Å². The molecule has 1 N–H and O–H groups in total. The summed E-state index contributed by atoms with van der Waals surface area (Å²) in [6, 6.07) is 25.3. The SMILES string of the molecule is O=C(c1cccnc1)N1CC[NH+](C(c2ccccc2)c2ccccc2)CC1. The lowest BCUT2D eigenvalue weighted by atomic mass is 9.96. The van der Waals surface area contributed by atoms with Crippen molar-refractivity contribution in [3.63, 3.8) is 0 Å². The summed E-state index contributed by atoms with van der Waals surface area (Å²) in [5, 5.41) is 0. The minimum atomic E-state index is 0.0816. The molecule has 1 saturated heterocycles. The van der Waals surface area contributed by atoms with Crippen LogP contribution in [0.25, 0.3) is 0 Å². The van der Waals surface area contributed by atoms with Crippen LogP contribution >= 0.6 is 0 Å². The summed E-state index contributed by atoms with van der Waals surface area (Å²) >= 11 is 0. The highest BCUT2D eigenvalue weighted by atomic mass is 16.2. The zero-order chi connectivity index (χ0) is 18.5. The van der Waals surface area contributed by atoms with Crippen molar-refractivity contribution in [2.24, 2.45) is 0 Å². The fourth-order valence-electron chi connectivity index (χ4n) is 3.91. The highest BCUT2D eigenvalue weighted by Gasteiger charge is 2.31. The van der Waals surface area contributed by atoms with Crippen molar-refractivity contribution in [1.82, 2.24) is 9.88 Å². The van der Waals surface area contributed by atoms with E-state index in [1.54, 1.807) is 12.4 Å². The van der Waals surface area contributed by atoms with Crippen LogP contribution in [0.3, 0.4) is 0 Å². The maximum Gasteiger partial charge on any atom is 0.255 e. The summed E-state index contributed by atoms with van der Waals surface area (Å²) in [7, 11) is 0. The highest BCUT2D eigenvalue weighted by molar-refractivity contribution is 5.93. The van der Waals surface area contributed by atoms with Crippen molar-refractivity contribution in [3.8, 4) is 0 Å². The van der Waals surface area contributed by atoms with Gasteiger partial charge in [-0.05, 0) is 12.1 Å². The second kappa shape index (κ2) is 8.14. The second-order valence-electron chi connectivity index (χ2n) is 6.95. The van der Waals surface area contributed by atoms with Gasteiger partial charge in [-0.25, -0.2) is 0 Å². The fraction of sp³-hybridized carbons (Fsp3) is 0.217.